The highest BCUT2D eigenvalue weighted by Gasteiger charge is 2.15. The number of thioether (sulfide) groups is 1. The summed E-state index contributed by atoms with van der Waals surface area (Å²) in [5.41, 5.74) is -0.545. The Kier molecular flexibility index (Phi) is 3.86. The highest BCUT2D eigenvalue weighted by Crippen LogP contribution is 2.23. The summed E-state index contributed by atoms with van der Waals surface area (Å²) in [6, 6.07) is 3.14. The van der Waals surface area contributed by atoms with Gasteiger partial charge in [0.05, 0.1) is 5.60 Å². The van der Waals surface area contributed by atoms with Gasteiger partial charge in [-0.1, -0.05) is 11.8 Å². The lowest BCUT2D eigenvalue weighted by molar-refractivity contribution is 0.107. The van der Waals surface area contributed by atoms with Crippen LogP contribution < -0.4 is 0 Å². The first-order valence-corrected chi connectivity index (χ1v) is 6.56. The van der Waals surface area contributed by atoms with Crippen molar-refractivity contribution >= 4 is 11.8 Å². The number of hydrogen-bond acceptors (Lipinski definition) is 4. The van der Waals surface area contributed by atoms with E-state index in [1.165, 1.54) is 23.9 Å². The highest BCUT2D eigenvalue weighted by molar-refractivity contribution is 7.99. The summed E-state index contributed by atoms with van der Waals surface area (Å²) < 4.78 is 26.2. The molecule has 0 fully saturated rings. The first kappa shape index (κ1) is 14.0. The zero-order valence-corrected chi connectivity index (χ0v) is 11.3. The topological polar surface area (TPSA) is 61.8 Å². The van der Waals surface area contributed by atoms with Gasteiger partial charge in [-0.05, 0) is 26.0 Å². The molecular weight excluding hydrogens is 272 g/mol. The van der Waals surface area contributed by atoms with Gasteiger partial charge in [0, 0.05) is 17.4 Å². The molecule has 1 heterocycles. The molecule has 19 heavy (non-hydrogen) atoms. The average Bonchev–Trinajstić information content (AvgIpc) is 2.72. The van der Waals surface area contributed by atoms with Gasteiger partial charge in [0.2, 0.25) is 5.16 Å². The molecule has 0 aliphatic carbocycles. The first-order chi connectivity index (χ1) is 8.83. The van der Waals surface area contributed by atoms with Gasteiger partial charge < -0.3 is 5.11 Å². The second-order valence-electron chi connectivity index (χ2n) is 4.73. The van der Waals surface area contributed by atoms with Crippen LogP contribution in [-0.4, -0.2) is 31.6 Å². The van der Waals surface area contributed by atoms with Crippen LogP contribution in [0.5, 0.6) is 0 Å². The van der Waals surface area contributed by atoms with E-state index >= 15 is 0 Å². The fourth-order valence-corrected chi connectivity index (χ4v) is 2.12. The molecule has 0 spiro atoms. The van der Waals surface area contributed by atoms with Gasteiger partial charge in [0.25, 0.3) is 0 Å². The van der Waals surface area contributed by atoms with E-state index in [1.807, 2.05) is 0 Å². The number of aliphatic hydroxyl groups is 1. The average molecular weight is 285 g/mol. The van der Waals surface area contributed by atoms with Gasteiger partial charge in [0.1, 0.15) is 11.6 Å². The molecule has 0 radical (unpaired) electrons. The molecule has 2 N–H and O–H groups in total. The van der Waals surface area contributed by atoms with Crippen molar-refractivity contribution < 1.29 is 13.9 Å². The van der Waals surface area contributed by atoms with Crippen molar-refractivity contribution in [3.63, 3.8) is 0 Å². The Labute approximate surface area is 113 Å². The van der Waals surface area contributed by atoms with Crippen LogP contribution in [0.2, 0.25) is 0 Å². The number of benzene rings is 1. The molecule has 7 heteroatoms. The number of aromatic nitrogens is 3. The Morgan fingerprint density at radius 3 is 2.47 bits per heavy atom. The largest absolute Gasteiger partial charge is 0.390 e. The van der Waals surface area contributed by atoms with E-state index in [4.69, 9.17) is 0 Å². The number of halogens is 2. The number of nitrogens with one attached hydrogen (secondary N) is 1. The monoisotopic (exact) mass is 285 g/mol. The Bertz CT molecular complexity index is 560. The molecule has 2 rings (SSSR count). The Morgan fingerprint density at radius 2 is 1.89 bits per heavy atom. The zero-order valence-electron chi connectivity index (χ0n) is 10.4. The second-order valence-corrected chi connectivity index (χ2v) is 5.67. The molecule has 1 aromatic carbocycles. The van der Waals surface area contributed by atoms with Crippen LogP contribution in [0.1, 0.15) is 13.8 Å². The lowest BCUT2D eigenvalue weighted by atomic mass is 10.2. The summed E-state index contributed by atoms with van der Waals surface area (Å²) in [6.45, 7) is 3.35. The molecule has 4 nitrogen and oxygen atoms in total. The summed E-state index contributed by atoms with van der Waals surface area (Å²) in [6.07, 6.45) is 0. The van der Waals surface area contributed by atoms with E-state index in [-0.39, 0.29) is 5.82 Å². The molecular formula is C12H13F2N3OS. The number of rotatable bonds is 4. The number of hydrogen-bond donors (Lipinski definition) is 2. The number of H-pyrrole nitrogens is 1. The maximum absolute atomic E-state index is 13.1. The van der Waals surface area contributed by atoms with Crippen LogP contribution in [-0.2, 0) is 0 Å². The predicted molar refractivity (Wildman–Crippen MR) is 68.8 cm³/mol. The van der Waals surface area contributed by atoms with Crippen LogP contribution in [0.4, 0.5) is 8.78 Å². The third-order valence-electron chi connectivity index (χ3n) is 2.16. The van der Waals surface area contributed by atoms with E-state index < -0.39 is 17.2 Å². The van der Waals surface area contributed by atoms with Crippen molar-refractivity contribution in [2.24, 2.45) is 0 Å². The molecule has 0 saturated heterocycles. The van der Waals surface area contributed by atoms with Crippen LogP contribution in [0.25, 0.3) is 11.4 Å². The molecule has 102 valence electrons. The summed E-state index contributed by atoms with van der Waals surface area (Å²) in [7, 11) is 0. The minimum Gasteiger partial charge on any atom is -0.390 e. The van der Waals surface area contributed by atoms with Crippen molar-refractivity contribution in [3.8, 4) is 11.4 Å². The van der Waals surface area contributed by atoms with E-state index in [0.29, 0.717) is 16.5 Å². The SMILES string of the molecule is CC(C)(O)CSc1n[nH]c(-c2cc(F)cc(F)c2)n1. The Morgan fingerprint density at radius 1 is 1.26 bits per heavy atom. The smallest absolute Gasteiger partial charge is 0.208 e. The lowest BCUT2D eigenvalue weighted by Crippen LogP contribution is -2.21. The fourth-order valence-electron chi connectivity index (χ4n) is 1.37. The van der Waals surface area contributed by atoms with Crippen molar-refractivity contribution in [2.45, 2.75) is 24.6 Å². The molecule has 2 aromatic rings. The van der Waals surface area contributed by atoms with Gasteiger partial charge in [0.15, 0.2) is 5.82 Å². The molecule has 0 saturated carbocycles. The molecule has 0 aliphatic rings. The molecule has 0 aliphatic heterocycles. The van der Waals surface area contributed by atoms with E-state index in [2.05, 4.69) is 15.2 Å². The van der Waals surface area contributed by atoms with E-state index in [9.17, 15) is 13.9 Å². The molecule has 0 unspecified atom stereocenters. The fraction of sp³-hybridized carbons (Fsp3) is 0.333. The standard InChI is InChI=1S/C12H13F2N3OS/c1-12(2,18)6-19-11-15-10(16-17-11)7-3-8(13)5-9(14)4-7/h3-5,18H,6H2,1-2H3,(H,15,16,17). The first-order valence-electron chi connectivity index (χ1n) is 5.57. The quantitative estimate of drug-likeness (QED) is 0.848. The highest BCUT2D eigenvalue weighted by atomic mass is 32.2. The van der Waals surface area contributed by atoms with Gasteiger partial charge in [-0.15, -0.1) is 5.10 Å². The van der Waals surface area contributed by atoms with E-state index in [1.54, 1.807) is 13.8 Å². The Balaban J connectivity index is 2.16. The third-order valence-corrected chi connectivity index (χ3v) is 3.45. The summed E-state index contributed by atoms with van der Waals surface area (Å²) >= 11 is 1.26. The zero-order chi connectivity index (χ0) is 14.0. The normalized spacial score (nSPS) is 11.8. The van der Waals surface area contributed by atoms with Crippen LogP contribution >= 0.6 is 11.8 Å². The van der Waals surface area contributed by atoms with Gasteiger partial charge in [-0.3, -0.25) is 5.10 Å². The van der Waals surface area contributed by atoms with Gasteiger partial charge >= 0.3 is 0 Å². The van der Waals surface area contributed by atoms with Crippen molar-refractivity contribution in [1.82, 2.24) is 15.2 Å². The van der Waals surface area contributed by atoms with E-state index in [0.717, 1.165) is 6.07 Å². The second kappa shape index (κ2) is 5.26. The van der Waals surface area contributed by atoms with Gasteiger partial charge in [-0.2, -0.15) is 0 Å². The van der Waals surface area contributed by atoms with Crippen LogP contribution in [0, 0.1) is 11.6 Å². The predicted octanol–water partition coefficient (Wildman–Crippen LogP) is 2.61. The summed E-state index contributed by atoms with van der Waals surface area (Å²) in [5, 5.41) is 16.5. The molecule has 1 aromatic heterocycles. The molecule has 0 atom stereocenters. The summed E-state index contributed by atoms with van der Waals surface area (Å²) in [5.74, 6) is -0.632. The Hall–Kier alpha value is -1.47. The molecule has 0 bridgehead atoms. The van der Waals surface area contributed by atoms with Gasteiger partial charge in [-0.25, -0.2) is 13.8 Å². The minimum absolute atomic E-state index is 0.289. The number of aromatic amines is 1. The number of nitrogens with zero attached hydrogens (tertiary/aromatic N) is 2. The molecule has 0 amide bonds. The maximum atomic E-state index is 13.1. The van der Waals surface area contributed by atoms with Crippen molar-refractivity contribution in [3.05, 3.63) is 29.8 Å². The summed E-state index contributed by atoms with van der Waals surface area (Å²) in [4.78, 5) is 4.12. The minimum atomic E-state index is -0.837. The van der Waals surface area contributed by atoms with Crippen LogP contribution in [0.3, 0.4) is 0 Å². The van der Waals surface area contributed by atoms with Crippen molar-refractivity contribution in [2.75, 3.05) is 5.75 Å². The lowest BCUT2D eigenvalue weighted by Gasteiger charge is -2.14. The van der Waals surface area contributed by atoms with Crippen LogP contribution in [0.15, 0.2) is 23.4 Å². The third kappa shape index (κ3) is 4.00. The maximum Gasteiger partial charge on any atom is 0.208 e. The van der Waals surface area contributed by atoms with Crippen molar-refractivity contribution in [1.29, 1.82) is 0 Å².